The van der Waals surface area contributed by atoms with E-state index in [1.54, 1.807) is 0 Å². The van der Waals surface area contributed by atoms with Crippen LogP contribution in [0.1, 0.15) is 29.3 Å². The topological polar surface area (TPSA) is 41.6 Å². The van der Waals surface area contributed by atoms with Crippen LogP contribution < -0.4 is 5.32 Å². The summed E-state index contributed by atoms with van der Waals surface area (Å²) in [7, 11) is 2.07. The third-order valence-electron chi connectivity index (χ3n) is 3.59. The lowest BCUT2D eigenvalue weighted by Crippen LogP contribution is -2.45. The fourth-order valence-corrected chi connectivity index (χ4v) is 2.41. The normalized spacial score (nSPS) is 19.8. The molecule has 1 heterocycles. The van der Waals surface area contributed by atoms with E-state index >= 15 is 0 Å². The molecule has 1 aliphatic rings. The van der Waals surface area contributed by atoms with Crippen molar-refractivity contribution in [2.75, 3.05) is 33.3 Å². The molecular weight excluding hydrogens is 252 g/mol. The summed E-state index contributed by atoms with van der Waals surface area (Å²) in [4.78, 5) is 14.3. The van der Waals surface area contributed by atoms with Crippen molar-refractivity contribution < 1.29 is 9.53 Å². The van der Waals surface area contributed by atoms with Crippen molar-refractivity contribution in [3.63, 3.8) is 0 Å². The van der Waals surface area contributed by atoms with Crippen LogP contribution in [-0.2, 0) is 11.2 Å². The van der Waals surface area contributed by atoms with Crippen LogP contribution in [-0.4, -0.2) is 50.2 Å². The summed E-state index contributed by atoms with van der Waals surface area (Å²) in [5, 5.41) is 2.95. The summed E-state index contributed by atoms with van der Waals surface area (Å²) < 4.78 is 5.63. The number of aryl methyl sites for hydroxylation is 1. The average molecular weight is 276 g/mol. The first-order valence-corrected chi connectivity index (χ1v) is 7.36. The van der Waals surface area contributed by atoms with Crippen molar-refractivity contribution in [3.05, 3.63) is 35.4 Å². The Morgan fingerprint density at radius 1 is 1.40 bits per heavy atom. The van der Waals surface area contributed by atoms with Crippen molar-refractivity contribution in [3.8, 4) is 0 Å². The van der Waals surface area contributed by atoms with Crippen LogP contribution in [0.2, 0.25) is 0 Å². The molecule has 1 aromatic carbocycles. The van der Waals surface area contributed by atoms with E-state index in [-0.39, 0.29) is 12.0 Å². The number of hydrogen-bond donors (Lipinski definition) is 1. The van der Waals surface area contributed by atoms with Gasteiger partial charge in [0.05, 0.1) is 12.7 Å². The number of morpholine rings is 1. The Morgan fingerprint density at radius 3 is 2.80 bits per heavy atom. The molecule has 0 aliphatic carbocycles. The zero-order valence-corrected chi connectivity index (χ0v) is 12.4. The minimum Gasteiger partial charge on any atom is -0.374 e. The number of likely N-dealkylation sites (N-methyl/N-ethyl adjacent to an activating group) is 1. The molecule has 1 aliphatic heterocycles. The number of ether oxygens (including phenoxy) is 1. The Labute approximate surface area is 121 Å². The molecule has 0 aromatic heterocycles. The van der Waals surface area contributed by atoms with Crippen LogP contribution >= 0.6 is 0 Å². The zero-order chi connectivity index (χ0) is 14.4. The maximum atomic E-state index is 12.1. The molecule has 2 rings (SSSR count). The average Bonchev–Trinajstić information content (AvgIpc) is 2.46. The molecule has 1 fully saturated rings. The Balaban J connectivity index is 1.82. The molecule has 4 heteroatoms. The molecule has 20 heavy (non-hydrogen) atoms. The summed E-state index contributed by atoms with van der Waals surface area (Å²) in [5.74, 6) is -0.0233. The van der Waals surface area contributed by atoms with Gasteiger partial charge in [-0.1, -0.05) is 25.5 Å². The molecule has 1 aromatic rings. The summed E-state index contributed by atoms with van der Waals surface area (Å²) in [6.07, 6.45) is 2.28. The monoisotopic (exact) mass is 276 g/mol. The van der Waals surface area contributed by atoms with Gasteiger partial charge in [0.25, 0.3) is 5.91 Å². The number of amides is 1. The van der Waals surface area contributed by atoms with Gasteiger partial charge in [-0.2, -0.15) is 0 Å². The smallest absolute Gasteiger partial charge is 0.251 e. The van der Waals surface area contributed by atoms with Crippen LogP contribution in [0.25, 0.3) is 0 Å². The Bertz CT molecular complexity index is 431. The van der Waals surface area contributed by atoms with Crippen LogP contribution in [0.5, 0.6) is 0 Å². The van der Waals surface area contributed by atoms with Gasteiger partial charge in [0.2, 0.25) is 0 Å². The Morgan fingerprint density at radius 2 is 2.15 bits per heavy atom. The van der Waals surface area contributed by atoms with Crippen molar-refractivity contribution in [1.82, 2.24) is 10.2 Å². The highest BCUT2D eigenvalue weighted by Gasteiger charge is 2.18. The number of carbonyl (C=O) groups excluding carboxylic acids is 1. The molecule has 0 spiro atoms. The predicted octanol–water partition coefficient (Wildman–Crippen LogP) is 1.70. The molecule has 1 N–H and O–H groups in total. The molecular formula is C16H24N2O2. The third kappa shape index (κ3) is 4.32. The first kappa shape index (κ1) is 15.0. The molecule has 110 valence electrons. The van der Waals surface area contributed by atoms with E-state index in [2.05, 4.69) is 24.2 Å². The molecule has 0 saturated carbocycles. The van der Waals surface area contributed by atoms with Gasteiger partial charge in [-0.25, -0.2) is 0 Å². The number of nitrogens with zero attached hydrogens (tertiary/aromatic N) is 1. The third-order valence-corrected chi connectivity index (χ3v) is 3.59. The predicted molar refractivity (Wildman–Crippen MR) is 80.0 cm³/mol. The van der Waals surface area contributed by atoms with Gasteiger partial charge >= 0.3 is 0 Å². The highest BCUT2D eigenvalue weighted by atomic mass is 16.5. The lowest BCUT2D eigenvalue weighted by atomic mass is 10.1. The highest BCUT2D eigenvalue weighted by Crippen LogP contribution is 2.07. The zero-order valence-electron chi connectivity index (χ0n) is 12.4. The van der Waals surface area contributed by atoms with Crippen molar-refractivity contribution in [2.24, 2.45) is 0 Å². The standard InChI is InChI=1S/C16H24N2O2/c1-3-4-13-5-7-14(8-6-13)16(19)17-11-15-12-18(2)9-10-20-15/h5-8,15H,3-4,9-12H2,1-2H3,(H,17,19)/t15-/m0/s1. The second-order valence-corrected chi connectivity index (χ2v) is 5.41. The molecule has 0 unspecified atom stereocenters. The van der Waals surface area contributed by atoms with E-state index in [1.807, 2.05) is 24.3 Å². The minimum atomic E-state index is -0.0233. The van der Waals surface area contributed by atoms with Gasteiger partial charge in [-0.05, 0) is 31.2 Å². The molecule has 1 amide bonds. The van der Waals surface area contributed by atoms with Crippen LogP contribution in [0.3, 0.4) is 0 Å². The van der Waals surface area contributed by atoms with E-state index < -0.39 is 0 Å². The van der Waals surface area contributed by atoms with E-state index in [1.165, 1.54) is 5.56 Å². The maximum absolute atomic E-state index is 12.1. The van der Waals surface area contributed by atoms with Crippen molar-refractivity contribution >= 4 is 5.91 Å². The van der Waals surface area contributed by atoms with Gasteiger partial charge < -0.3 is 15.0 Å². The van der Waals surface area contributed by atoms with Crippen LogP contribution in [0.15, 0.2) is 24.3 Å². The largest absolute Gasteiger partial charge is 0.374 e. The van der Waals surface area contributed by atoms with Gasteiger partial charge in [-0.3, -0.25) is 4.79 Å². The van der Waals surface area contributed by atoms with Gasteiger partial charge in [0, 0.05) is 25.2 Å². The second kappa shape index (κ2) is 7.41. The molecule has 0 radical (unpaired) electrons. The Hall–Kier alpha value is -1.39. The highest BCUT2D eigenvalue weighted by molar-refractivity contribution is 5.94. The lowest BCUT2D eigenvalue weighted by Gasteiger charge is -2.30. The van der Waals surface area contributed by atoms with Crippen LogP contribution in [0, 0.1) is 0 Å². The quantitative estimate of drug-likeness (QED) is 0.890. The number of carbonyl (C=O) groups is 1. The van der Waals surface area contributed by atoms with Gasteiger partial charge in [0.15, 0.2) is 0 Å². The lowest BCUT2D eigenvalue weighted by molar-refractivity contribution is -0.0175. The molecule has 1 saturated heterocycles. The van der Waals surface area contributed by atoms with Gasteiger partial charge in [-0.15, -0.1) is 0 Å². The maximum Gasteiger partial charge on any atom is 0.251 e. The van der Waals surface area contributed by atoms with Gasteiger partial charge in [0.1, 0.15) is 0 Å². The molecule has 1 atom stereocenters. The number of nitrogens with one attached hydrogen (secondary N) is 1. The summed E-state index contributed by atoms with van der Waals surface area (Å²) in [6, 6.07) is 7.86. The van der Waals surface area contributed by atoms with E-state index in [9.17, 15) is 4.79 Å². The summed E-state index contributed by atoms with van der Waals surface area (Å²) >= 11 is 0. The minimum absolute atomic E-state index is 0.0233. The van der Waals surface area contributed by atoms with E-state index in [4.69, 9.17) is 4.74 Å². The summed E-state index contributed by atoms with van der Waals surface area (Å²) in [5.41, 5.74) is 2.00. The van der Waals surface area contributed by atoms with E-state index in [0.717, 1.165) is 32.5 Å². The molecule has 0 bridgehead atoms. The first-order chi connectivity index (χ1) is 9.69. The Kier molecular flexibility index (Phi) is 5.56. The second-order valence-electron chi connectivity index (χ2n) is 5.41. The number of hydrogen-bond acceptors (Lipinski definition) is 3. The fraction of sp³-hybridized carbons (Fsp3) is 0.562. The van der Waals surface area contributed by atoms with Crippen LogP contribution in [0.4, 0.5) is 0 Å². The number of benzene rings is 1. The van der Waals surface area contributed by atoms with E-state index in [0.29, 0.717) is 12.1 Å². The van der Waals surface area contributed by atoms with Crippen molar-refractivity contribution in [2.45, 2.75) is 25.9 Å². The summed E-state index contributed by atoms with van der Waals surface area (Å²) in [6.45, 7) is 5.30. The first-order valence-electron chi connectivity index (χ1n) is 7.36. The SMILES string of the molecule is CCCc1ccc(C(=O)NC[C@H]2CN(C)CCO2)cc1. The number of rotatable bonds is 5. The van der Waals surface area contributed by atoms with Crippen molar-refractivity contribution in [1.29, 1.82) is 0 Å². The fourth-order valence-electron chi connectivity index (χ4n) is 2.41. The molecule has 4 nitrogen and oxygen atoms in total.